The quantitative estimate of drug-likeness (QED) is 0.832. The second kappa shape index (κ2) is 5.03. The lowest BCUT2D eigenvalue weighted by molar-refractivity contribution is 0.344. The number of hydrogen-bond donors (Lipinski definition) is 0. The van der Waals surface area contributed by atoms with Crippen LogP contribution in [0, 0.1) is 0 Å². The number of aromatic nitrogens is 2. The molecule has 0 amide bonds. The fourth-order valence-electron chi connectivity index (χ4n) is 2.92. The van der Waals surface area contributed by atoms with Gasteiger partial charge in [0.25, 0.3) is 5.56 Å². The van der Waals surface area contributed by atoms with Gasteiger partial charge < -0.3 is 4.74 Å². The van der Waals surface area contributed by atoms with Crippen molar-refractivity contribution in [1.82, 2.24) is 9.55 Å². The molecule has 0 bridgehead atoms. The van der Waals surface area contributed by atoms with E-state index in [1.54, 1.807) is 18.0 Å². The maximum atomic E-state index is 12.6. The van der Waals surface area contributed by atoms with Crippen LogP contribution in [-0.4, -0.2) is 16.7 Å². The van der Waals surface area contributed by atoms with Gasteiger partial charge in [0, 0.05) is 6.04 Å². The molecule has 1 heterocycles. The smallest absolute Gasteiger partial charge is 0.261 e. The van der Waals surface area contributed by atoms with Crippen molar-refractivity contribution >= 4 is 10.9 Å². The lowest BCUT2D eigenvalue weighted by Gasteiger charge is -2.23. The minimum Gasteiger partial charge on any atom is -0.494 e. The first kappa shape index (κ1) is 12.2. The van der Waals surface area contributed by atoms with Crippen molar-refractivity contribution in [3.63, 3.8) is 0 Å². The van der Waals surface area contributed by atoms with Crippen LogP contribution in [-0.2, 0) is 0 Å². The van der Waals surface area contributed by atoms with Crippen LogP contribution < -0.4 is 10.3 Å². The largest absolute Gasteiger partial charge is 0.494 e. The van der Waals surface area contributed by atoms with Gasteiger partial charge in [-0.1, -0.05) is 25.3 Å². The molecular weight excluding hydrogens is 240 g/mol. The molecule has 1 saturated carbocycles. The normalized spacial score (nSPS) is 16.7. The zero-order valence-electron chi connectivity index (χ0n) is 11.1. The molecular formula is C15H18N2O2. The Kier molecular flexibility index (Phi) is 3.23. The Morgan fingerprint density at radius 3 is 2.79 bits per heavy atom. The van der Waals surface area contributed by atoms with Crippen molar-refractivity contribution < 1.29 is 4.74 Å². The minimum atomic E-state index is 0.0517. The summed E-state index contributed by atoms with van der Waals surface area (Å²) in [6.07, 6.45) is 7.53. The Bertz CT molecular complexity index is 642. The van der Waals surface area contributed by atoms with Gasteiger partial charge in [-0.3, -0.25) is 9.36 Å². The highest BCUT2D eigenvalue weighted by Gasteiger charge is 2.18. The summed E-state index contributed by atoms with van der Waals surface area (Å²) in [5, 5.41) is 0.646. The molecule has 0 aliphatic heterocycles. The van der Waals surface area contributed by atoms with E-state index in [0.717, 1.165) is 12.8 Å². The third kappa shape index (κ3) is 2.11. The summed E-state index contributed by atoms with van der Waals surface area (Å²) >= 11 is 0. The average molecular weight is 258 g/mol. The highest BCUT2D eigenvalue weighted by atomic mass is 16.5. The van der Waals surface area contributed by atoms with Gasteiger partial charge in [0.2, 0.25) is 0 Å². The van der Waals surface area contributed by atoms with E-state index in [2.05, 4.69) is 4.98 Å². The molecule has 0 N–H and O–H groups in total. The van der Waals surface area contributed by atoms with E-state index in [1.165, 1.54) is 19.3 Å². The number of ether oxygens (including phenoxy) is 1. The van der Waals surface area contributed by atoms with Gasteiger partial charge >= 0.3 is 0 Å². The first-order valence-electron chi connectivity index (χ1n) is 6.85. The molecule has 2 aromatic rings. The lowest BCUT2D eigenvalue weighted by Crippen LogP contribution is -2.26. The van der Waals surface area contributed by atoms with E-state index < -0.39 is 0 Å². The lowest BCUT2D eigenvalue weighted by atomic mass is 9.95. The Morgan fingerprint density at radius 2 is 2.05 bits per heavy atom. The number of benzene rings is 1. The van der Waals surface area contributed by atoms with Gasteiger partial charge in [-0.2, -0.15) is 0 Å². The second-order valence-corrected chi connectivity index (χ2v) is 5.11. The summed E-state index contributed by atoms with van der Waals surface area (Å²) in [7, 11) is 1.60. The summed E-state index contributed by atoms with van der Waals surface area (Å²) in [5.41, 5.74) is 0.706. The Morgan fingerprint density at radius 1 is 1.26 bits per heavy atom. The molecule has 1 fully saturated rings. The zero-order chi connectivity index (χ0) is 13.2. The van der Waals surface area contributed by atoms with Crippen molar-refractivity contribution in [3.8, 4) is 5.75 Å². The van der Waals surface area contributed by atoms with Crippen LogP contribution in [0.4, 0.5) is 0 Å². The molecule has 4 nitrogen and oxygen atoms in total. The molecule has 4 heteroatoms. The predicted octanol–water partition coefficient (Wildman–Crippen LogP) is 2.91. The minimum absolute atomic E-state index is 0.0517. The molecule has 1 aromatic heterocycles. The van der Waals surface area contributed by atoms with Crippen LogP contribution >= 0.6 is 0 Å². The van der Waals surface area contributed by atoms with E-state index in [0.29, 0.717) is 22.7 Å². The van der Waals surface area contributed by atoms with Crippen molar-refractivity contribution in [2.45, 2.75) is 38.1 Å². The molecule has 19 heavy (non-hydrogen) atoms. The molecule has 0 radical (unpaired) electrons. The summed E-state index contributed by atoms with van der Waals surface area (Å²) in [6, 6.07) is 5.81. The molecule has 1 aliphatic rings. The average Bonchev–Trinajstić information content (AvgIpc) is 2.48. The van der Waals surface area contributed by atoms with Crippen molar-refractivity contribution in [3.05, 3.63) is 34.9 Å². The fraction of sp³-hybridized carbons (Fsp3) is 0.467. The summed E-state index contributed by atoms with van der Waals surface area (Å²) in [6.45, 7) is 0. The summed E-state index contributed by atoms with van der Waals surface area (Å²) < 4.78 is 7.06. The topological polar surface area (TPSA) is 44.1 Å². The van der Waals surface area contributed by atoms with E-state index >= 15 is 0 Å². The molecule has 0 spiro atoms. The van der Waals surface area contributed by atoms with E-state index in [1.807, 2.05) is 18.2 Å². The van der Waals surface area contributed by atoms with Crippen LogP contribution in [0.15, 0.2) is 29.3 Å². The van der Waals surface area contributed by atoms with Crippen molar-refractivity contribution in [2.75, 3.05) is 7.11 Å². The third-order valence-electron chi connectivity index (χ3n) is 3.96. The van der Waals surface area contributed by atoms with Crippen LogP contribution in [0.2, 0.25) is 0 Å². The van der Waals surface area contributed by atoms with E-state index in [-0.39, 0.29) is 5.56 Å². The Hall–Kier alpha value is -1.84. The maximum absolute atomic E-state index is 12.6. The molecule has 1 aromatic carbocycles. The third-order valence-corrected chi connectivity index (χ3v) is 3.96. The summed E-state index contributed by atoms with van der Waals surface area (Å²) in [5.74, 6) is 0.658. The number of methoxy groups -OCH3 is 1. The van der Waals surface area contributed by atoms with Crippen molar-refractivity contribution in [2.24, 2.45) is 0 Å². The van der Waals surface area contributed by atoms with E-state index in [4.69, 9.17) is 4.74 Å². The Balaban J connectivity index is 2.13. The number of para-hydroxylation sites is 1. The van der Waals surface area contributed by atoms with Gasteiger partial charge in [-0.25, -0.2) is 4.98 Å². The van der Waals surface area contributed by atoms with Gasteiger partial charge in [0.1, 0.15) is 11.3 Å². The predicted molar refractivity (Wildman–Crippen MR) is 74.7 cm³/mol. The highest BCUT2D eigenvalue weighted by Crippen LogP contribution is 2.28. The second-order valence-electron chi connectivity index (χ2n) is 5.11. The van der Waals surface area contributed by atoms with Gasteiger partial charge in [0.15, 0.2) is 0 Å². The van der Waals surface area contributed by atoms with Gasteiger partial charge in [-0.15, -0.1) is 0 Å². The van der Waals surface area contributed by atoms with Crippen LogP contribution in [0.1, 0.15) is 38.1 Å². The summed E-state index contributed by atoms with van der Waals surface area (Å²) in [4.78, 5) is 17.0. The van der Waals surface area contributed by atoms with Gasteiger partial charge in [0.05, 0.1) is 18.8 Å². The first-order valence-corrected chi connectivity index (χ1v) is 6.85. The van der Waals surface area contributed by atoms with Crippen LogP contribution in [0.25, 0.3) is 10.9 Å². The zero-order valence-corrected chi connectivity index (χ0v) is 11.1. The molecule has 0 unspecified atom stereocenters. The van der Waals surface area contributed by atoms with Gasteiger partial charge in [-0.05, 0) is 25.0 Å². The number of fused-ring (bicyclic) bond motifs is 1. The molecule has 1 aliphatic carbocycles. The standard InChI is InChI=1S/C15H18N2O2/c1-19-13-9-5-8-12-14(13)16-10-17(15(12)18)11-6-3-2-4-7-11/h5,8-11H,2-4,6-7H2,1H3. The molecule has 0 saturated heterocycles. The number of rotatable bonds is 2. The SMILES string of the molecule is COc1cccc2c(=O)n(C3CCCCC3)cnc12. The highest BCUT2D eigenvalue weighted by molar-refractivity contribution is 5.83. The number of nitrogens with zero attached hydrogens (tertiary/aromatic N) is 2. The first-order chi connectivity index (χ1) is 9.31. The van der Waals surface area contributed by atoms with Crippen molar-refractivity contribution in [1.29, 1.82) is 0 Å². The van der Waals surface area contributed by atoms with Crippen LogP contribution in [0.5, 0.6) is 5.75 Å². The Labute approximate surface area is 112 Å². The monoisotopic (exact) mass is 258 g/mol. The van der Waals surface area contributed by atoms with Crippen LogP contribution in [0.3, 0.4) is 0 Å². The number of hydrogen-bond acceptors (Lipinski definition) is 3. The molecule has 3 rings (SSSR count). The maximum Gasteiger partial charge on any atom is 0.261 e. The molecule has 100 valence electrons. The van der Waals surface area contributed by atoms with E-state index in [9.17, 15) is 4.79 Å². The fourth-order valence-corrected chi connectivity index (χ4v) is 2.92. The molecule has 0 atom stereocenters.